The number of para-hydroxylation sites is 1. The highest BCUT2D eigenvalue weighted by Gasteiger charge is 2.18. The number of phenolic OH excluding ortho intramolecular Hbond substituents is 1. The largest absolute Gasteiger partial charge is 0.508 e. The van der Waals surface area contributed by atoms with Crippen LogP contribution in [-0.4, -0.2) is 40.4 Å². The summed E-state index contributed by atoms with van der Waals surface area (Å²) in [7, 11) is 4.05. The highest BCUT2D eigenvalue weighted by Crippen LogP contribution is 2.29. The Balaban J connectivity index is 1.17. The highest BCUT2D eigenvalue weighted by atomic mass is 32.1. The number of carbonyl (C=O) groups is 1. The number of nitrogens with zero attached hydrogens (tertiary/aromatic N) is 4. The molecule has 2 N–H and O–H groups in total. The van der Waals surface area contributed by atoms with Crippen molar-refractivity contribution in [2.45, 2.75) is 38.6 Å². The second-order valence-corrected chi connectivity index (χ2v) is 11.6. The van der Waals surface area contributed by atoms with Gasteiger partial charge in [-0.25, -0.2) is 0 Å². The number of rotatable bonds is 12. The number of carbonyl (C=O) groups excluding carboxylic acids is 1. The Morgan fingerprint density at radius 2 is 1.77 bits per heavy atom. The van der Waals surface area contributed by atoms with Gasteiger partial charge in [-0.15, -0.1) is 0 Å². The van der Waals surface area contributed by atoms with Crippen molar-refractivity contribution in [3.63, 3.8) is 0 Å². The van der Waals surface area contributed by atoms with Gasteiger partial charge >= 0.3 is 0 Å². The van der Waals surface area contributed by atoms with Crippen LogP contribution >= 0.6 is 23.1 Å². The first kappa shape index (κ1) is 27.7. The van der Waals surface area contributed by atoms with Crippen LogP contribution in [0.3, 0.4) is 0 Å². The van der Waals surface area contributed by atoms with Crippen LogP contribution in [-0.2, 0) is 17.8 Å². The Morgan fingerprint density at radius 1 is 0.975 bits per heavy atom. The number of hydrogen-bond donors (Lipinski definition) is 2. The van der Waals surface area contributed by atoms with E-state index in [4.69, 9.17) is 0 Å². The fourth-order valence-corrected chi connectivity index (χ4v) is 6.43. The monoisotopic (exact) mass is 572 g/mol. The zero-order valence-corrected chi connectivity index (χ0v) is 24.5. The van der Waals surface area contributed by atoms with Crippen LogP contribution in [0, 0.1) is 0 Å². The minimum absolute atomic E-state index is 0.0965. The van der Waals surface area contributed by atoms with Gasteiger partial charge in [0.15, 0.2) is 6.54 Å². The van der Waals surface area contributed by atoms with Gasteiger partial charge in [-0.2, -0.15) is 13.3 Å². The van der Waals surface area contributed by atoms with E-state index in [1.807, 2.05) is 26.2 Å². The molecule has 0 aliphatic carbocycles. The van der Waals surface area contributed by atoms with Gasteiger partial charge in [0.1, 0.15) is 21.5 Å². The summed E-state index contributed by atoms with van der Waals surface area (Å²) in [6, 6.07) is 19.9. The van der Waals surface area contributed by atoms with Crippen molar-refractivity contribution < 1.29 is 14.5 Å². The zero-order chi connectivity index (χ0) is 27.9. The van der Waals surface area contributed by atoms with Crippen molar-refractivity contribution >= 4 is 68.1 Å². The first-order valence-corrected chi connectivity index (χ1v) is 15.1. The van der Waals surface area contributed by atoms with E-state index in [1.54, 1.807) is 23.5 Å². The Morgan fingerprint density at radius 3 is 2.60 bits per heavy atom. The summed E-state index contributed by atoms with van der Waals surface area (Å²) in [5.74, 6) is 0.355. The number of amides is 1. The van der Waals surface area contributed by atoms with E-state index in [2.05, 4.69) is 72.1 Å². The van der Waals surface area contributed by atoms with E-state index in [-0.39, 0.29) is 11.7 Å². The number of benzene rings is 3. The number of thiazole rings is 1. The molecular formula is C31H34N5O2S2+. The number of phenols is 1. The Kier molecular flexibility index (Phi) is 9.03. The number of nitrogens with one attached hydrogen (secondary N) is 1. The van der Waals surface area contributed by atoms with E-state index >= 15 is 0 Å². The van der Waals surface area contributed by atoms with Crippen LogP contribution < -0.4 is 14.8 Å². The van der Waals surface area contributed by atoms with Gasteiger partial charge in [-0.3, -0.25) is 4.79 Å². The molecule has 1 amide bonds. The van der Waals surface area contributed by atoms with E-state index in [0.29, 0.717) is 13.0 Å². The van der Waals surface area contributed by atoms with Crippen LogP contribution in [0.25, 0.3) is 33.4 Å². The number of hydrogen-bond acceptors (Lipinski definition) is 7. The molecule has 0 fully saturated rings. The van der Waals surface area contributed by atoms with Crippen molar-refractivity contribution in [2.75, 3.05) is 25.5 Å². The van der Waals surface area contributed by atoms with Crippen molar-refractivity contribution in [3.05, 3.63) is 76.8 Å². The van der Waals surface area contributed by atoms with E-state index in [1.165, 1.54) is 27.0 Å². The zero-order valence-electron chi connectivity index (χ0n) is 22.8. The predicted molar refractivity (Wildman–Crippen MR) is 166 cm³/mol. The summed E-state index contributed by atoms with van der Waals surface area (Å²) < 4.78 is 12.7. The molecule has 0 unspecified atom stereocenters. The minimum atomic E-state index is 0.0965. The molecule has 9 heteroatoms. The number of aromatic hydroxyl groups is 1. The molecule has 206 valence electrons. The molecule has 5 aromatic rings. The first-order valence-electron chi connectivity index (χ1n) is 13.6. The van der Waals surface area contributed by atoms with Gasteiger partial charge in [-0.05, 0) is 55.2 Å². The van der Waals surface area contributed by atoms with Gasteiger partial charge in [0.25, 0.3) is 5.01 Å². The summed E-state index contributed by atoms with van der Waals surface area (Å²) in [5.41, 5.74) is 6.34. The quantitative estimate of drug-likeness (QED) is 0.140. The Labute approximate surface area is 242 Å². The second kappa shape index (κ2) is 13.0. The SMILES string of the molecule is CN(C)c1ccc(/C=C/c2sc3ccccc3[n+]2CCCCCC(=O)NCCc2ccc(O)cc2)c2nsnc12. The van der Waals surface area contributed by atoms with Crippen LogP contribution in [0.15, 0.2) is 60.7 Å². The van der Waals surface area contributed by atoms with Crippen LogP contribution in [0.2, 0.25) is 0 Å². The summed E-state index contributed by atoms with van der Waals surface area (Å²) in [4.78, 5) is 14.4. The molecule has 0 bridgehead atoms. The fraction of sp³-hybridized carbons (Fsp3) is 0.290. The average molecular weight is 573 g/mol. The normalized spacial score (nSPS) is 11.6. The molecule has 40 heavy (non-hydrogen) atoms. The van der Waals surface area contributed by atoms with Gasteiger partial charge in [0, 0.05) is 51.2 Å². The number of unbranched alkanes of at least 4 members (excludes halogenated alkanes) is 2. The Bertz CT molecular complexity index is 1620. The molecule has 7 nitrogen and oxygen atoms in total. The maximum absolute atomic E-state index is 12.3. The molecule has 5 rings (SSSR count). The summed E-state index contributed by atoms with van der Waals surface area (Å²) in [5, 5.41) is 13.6. The number of fused-ring (bicyclic) bond motifs is 2. The Hall–Kier alpha value is -3.82. The highest BCUT2D eigenvalue weighted by molar-refractivity contribution is 7.18. The lowest BCUT2D eigenvalue weighted by Gasteiger charge is -2.12. The molecule has 0 aliphatic heterocycles. The number of anilines is 1. The lowest BCUT2D eigenvalue weighted by atomic mass is 10.1. The number of aryl methyl sites for hydroxylation is 1. The van der Waals surface area contributed by atoms with Gasteiger partial charge in [-0.1, -0.05) is 41.7 Å². The second-order valence-electron chi connectivity index (χ2n) is 10.00. The molecule has 2 heterocycles. The minimum Gasteiger partial charge on any atom is -0.508 e. The lowest BCUT2D eigenvalue weighted by Crippen LogP contribution is -2.35. The summed E-state index contributed by atoms with van der Waals surface area (Å²) in [6.45, 7) is 1.51. The van der Waals surface area contributed by atoms with Crippen LogP contribution in [0.1, 0.15) is 41.8 Å². The fourth-order valence-electron chi connectivity index (χ4n) is 4.77. The third kappa shape index (κ3) is 6.66. The molecule has 0 radical (unpaired) electrons. The average Bonchev–Trinajstić information content (AvgIpc) is 3.58. The third-order valence-corrected chi connectivity index (χ3v) is 8.57. The molecule has 0 aliphatic rings. The van der Waals surface area contributed by atoms with E-state index in [0.717, 1.165) is 60.1 Å². The molecule has 0 saturated carbocycles. The molecule has 0 saturated heterocycles. The summed E-state index contributed by atoms with van der Waals surface area (Å²) in [6.07, 6.45) is 8.49. The topological polar surface area (TPSA) is 82.2 Å². The number of aromatic nitrogens is 3. The standard InChI is InChI=1S/C31H33N5O2S2/c1-35(2)26-17-13-23(30-31(26)34-40-33-30)14-18-29-36(25-8-5-6-9-27(25)39-29)21-7-3-4-10-28(38)32-20-19-22-11-15-24(37)16-12-22/h5-6,8-9,11-18H,3-4,7,10,19-21H2,1-2H3,(H-,32,37,38)/p+1. The maximum atomic E-state index is 12.3. The predicted octanol–water partition coefficient (Wildman–Crippen LogP) is 6.05. The van der Waals surface area contributed by atoms with Gasteiger partial charge in [0.05, 0.1) is 17.4 Å². The van der Waals surface area contributed by atoms with Crippen molar-refractivity contribution in [3.8, 4) is 5.75 Å². The summed E-state index contributed by atoms with van der Waals surface area (Å²) >= 11 is 3.04. The molecule has 0 atom stereocenters. The van der Waals surface area contributed by atoms with Crippen molar-refractivity contribution in [1.82, 2.24) is 14.1 Å². The van der Waals surface area contributed by atoms with Gasteiger partial charge < -0.3 is 15.3 Å². The molecule has 3 aromatic carbocycles. The van der Waals surface area contributed by atoms with Crippen molar-refractivity contribution in [2.24, 2.45) is 0 Å². The molecule has 2 aromatic heterocycles. The van der Waals surface area contributed by atoms with E-state index < -0.39 is 0 Å². The smallest absolute Gasteiger partial charge is 0.262 e. The van der Waals surface area contributed by atoms with Crippen LogP contribution in [0.4, 0.5) is 5.69 Å². The van der Waals surface area contributed by atoms with E-state index in [9.17, 15) is 9.90 Å². The molecular weight excluding hydrogens is 539 g/mol. The maximum Gasteiger partial charge on any atom is 0.262 e. The van der Waals surface area contributed by atoms with Gasteiger partial charge in [0.2, 0.25) is 11.4 Å². The third-order valence-electron chi connectivity index (χ3n) is 6.91. The molecule has 0 spiro atoms. The first-order chi connectivity index (χ1) is 19.5. The van der Waals surface area contributed by atoms with Crippen molar-refractivity contribution in [1.29, 1.82) is 0 Å². The van der Waals surface area contributed by atoms with Crippen LogP contribution in [0.5, 0.6) is 5.75 Å². The lowest BCUT2D eigenvalue weighted by molar-refractivity contribution is -0.669.